The molecule has 17 heteroatoms. The number of fused-ring (bicyclic) bond motifs is 2. The SMILES string of the molecule is C.C#CCc1cnc(N)[nH]1.Cc1cc2nc(CN=[N+]=[N-])[nH]c2cc1C.Cc1cc2nc(Cn3cc(Cc4cnc(N)[nH]4)nn3)[nH]c2cc1C.Cl. The minimum atomic E-state index is 0. The normalized spacial score (nSPS) is 10.1. The van der Waals surface area contributed by atoms with Crippen LogP contribution in [0.5, 0.6) is 0 Å². The summed E-state index contributed by atoms with van der Waals surface area (Å²) < 4.78 is 1.77. The lowest BCUT2D eigenvalue weighted by Gasteiger charge is -1.97. The van der Waals surface area contributed by atoms with Crippen LogP contribution in [0.4, 0.5) is 11.9 Å². The van der Waals surface area contributed by atoms with Gasteiger partial charge in [-0.15, -0.1) is 29.8 Å². The number of H-pyrrole nitrogens is 4. The van der Waals surface area contributed by atoms with Gasteiger partial charge in [0.15, 0.2) is 11.9 Å². The van der Waals surface area contributed by atoms with E-state index in [4.69, 9.17) is 23.4 Å². The molecule has 0 atom stereocenters. The molecule has 2 aromatic carbocycles. The molecule has 0 spiro atoms. The summed E-state index contributed by atoms with van der Waals surface area (Å²) in [5, 5.41) is 11.8. The van der Waals surface area contributed by atoms with Crippen molar-refractivity contribution in [2.24, 2.45) is 5.11 Å². The van der Waals surface area contributed by atoms with Crippen LogP contribution < -0.4 is 11.5 Å². The van der Waals surface area contributed by atoms with Crippen molar-refractivity contribution in [2.75, 3.05) is 11.5 Å². The van der Waals surface area contributed by atoms with Crippen molar-refractivity contribution in [1.82, 2.24) is 54.9 Å². The molecule has 5 heterocycles. The fourth-order valence-corrected chi connectivity index (χ4v) is 4.78. The third-order valence-corrected chi connectivity index (χ3v) is 7.43. The molecule has 5 aromatic heterocycles. The van der Waals surface area contributed by atoms with Gasteiger partial charge in [-0.2, -0.15) is 0 Å². The highest BCUT2D eigenvalue weighted by Crippen LogP contribution is 2.19. The predicted molar refractivity (Wildman–Crippen MR) is 198 cm³/mol. The fraction of sp³-hybridized carbons (Fsp3) is 0.273. The molecule has 260 valence electrons. The number of rotatable bonds is 7. The Morgan fingerprint density at radius 3 is 1.92 bits per heavy atom. The van der Waals surface area contributed by atoms with E-state index in [0.717, 1.165) is 45.0 Å². The second-order valence-electron chi connectivity index (χ2n) is 11.2. The van der Waals surface area contributed by atoms with Crippen molar-refractivity contribution in [2.45, 2.75) is 61.1 Å². The summed E-state index contributed by atoms with van der Waals surface area (Å²) in [6.45, 7) is 9.11. The van der Waals surface area contributed by atoms with Crippen LogP contribution in [0.1, 0.15) is 58.4 Å². The maximum atomic E-state index is 8.21. The third kappa shape index (κ3) is 9.86. The maximum Gasteiger partial charge on any atom is 0.197 e. The summed E-state index contributed by atoms with van der Waals surface area (Å²) in [6, 6.07) is 8.30. The van der Waals surface area contributed by atoms with Crippen LogP contribution in [0.15, 0.2) is 48.0 Å². The molecule has 0 amide bonds. The van der Waals surface area contributed by atoms with E-state index in [1.54, 1.807) is 17.1 Å². The lowest BCUT2D eigenvalue weighted by Crippen LogP contribution is -2.02. The zero-order valence-corrected chi connectivity index (χ0v) is 28.3. The van der Waals surface area contributed by atoms with Crippen molar-refractivity contribution in [3.8, 4) is 12.3 Å². The Bertz CT molecular complexity index is 2180. The van der Waals surface area contributed by atoms with Gasteiger partial charge in [-0.05, 0) is 79.7 Å². The van der Waals surface area contributed by atoms with Crippen molar-refractivity contribution >= 4 is 46.4 Å². The first kappa shape index (κ1) is 38.2. The summed E-state index contributed by atoms with van der Waals surface area (Å²) in [4.78, 5) is 31.7. The second kappa shape index (κ2) is 17.2. The van der Waals surface area contributed by atoms with E-state index in [1.807, 2.05) is 12.3 Å². The van der Waals surface area contributed by atoms with Crippen molar-refractivity contribution in [1.29, 1.82) is 0 Å². The van der Waals surface area contributed by atoms with E-state index in [-0.39, 0.29) is 26.4 Å². The lowest BCUT2D eigenvalue weighted by molar-refractivity contribution is 0.630. The van der Waals surface area contributed by atoms with Gasteiger partial charge in [-0.25, -0.2) is 24.6 Å². The number of benzene rings is 2. The number of nitrogen functional groups attached to an aromatic ring is 2. The molecule has 0 fully saturated rings. The van der Waals surface area contributed by atoms with Crippen LogP contribution in [0.25, 0.3) is 32.5 Å². The summed E-state index contributed by atoms with van der Waals surface area (Å²) in [5.74, 6) is 4.86. The Morgan fingerprint density at radius 1 is 0.840 bits per heavy atom. The number of azide groups is 1. The molecular formula is C33H41ClN16. The highest BCUT2D eigenvalue weighted by molar-refractivity contribution is 5.85. The second-order valence-corrected chi connectivity index (χ2v) is 11.2. The van der Waals surface area contributed by atoms with Crippen LogP contribution in [0.3, 0.4) is 0 Å². The number of terminal acetylenes is 1. The molecule has 0 saturated carbocycles. The molecule has 7 aromatic rings. The molecule has 0 saturated heterocycles. The van der Waals surface area contributed by atoms with E-state index < -0.39 is 0 Å². The van der Waals surface area contributed by atoms with Crippen LogP contribution in [-0.4, -0.2) is 54.9 Å². The largest absolute Gasteiger partial charge is 0.369 e. The van der Waals surface area contributed by atoms with Gasteiger partial charge >= 0.3 is 0 Å². The van der Waals surface area contributed by atoms with E-state index >= 15 is 0 Å². The standard InChI is InChI=1S/C16H18N8.C10H11N5.C6H7N3.CH4.ClH/c1-9-3-13-14(4-10(9)2)21-15(20-13)8-24-7-12(22-23-24)5-11-6-18-16(17)19-11;1-6-3-8-9(4-7(6)2)14-10(13-8)5-12-15-11;1-2-3-5-4-8-6(7)9-5;;/h3-4,6-7H,5,8H2,1-2H3,(H,20,21)(H3,17,18,19);3-4H,5H2,1-2H3,(H,13,14);1,4H,3H2,(H3,7,8,9);1H4;1H. The molecule has 50 heavy (non-hydrogen) atoms. The smallest absolute Gasteiger partial charge is 0.197 e. The van der Waals surface area contributed by atoms with Gasteiger partial charge in [0.05, 0.1) is 53.1 Å². The highest BCUT2D eigenvalue weighted by Gasteiger charge is 2.09. The number of nitrogens with two attached hydrogens (primary N) is 2. The summed E-state index contributed by atoms with van der Waals surface area (Å²) in [6.07, 6.45) is 11.4. The Balaban J connectivity index is 0.000000223. The average molecular weight is 697 g/mol. The van der Waals surface area contributed by atoms with E-state index in [1.165, 1.54) is 22.3 Å². The number of nitrogens with zero attached hydrogens (tertiary/aromatic N) is 10. The van der Waals surface area contributed by atoms with Crippen LogP contribution >= 0.6 is 12.4 Å². The molecule has 7 rings (SSSR count). The molecule has 0 aliphatic heterocycles. The first-order valence-corrected chi connectivity index (χ1v) is 14.9. The first-order chi connectivity index (χ1) is 23.1. The summed E-state index contributed by atoms with van der Waals surface area (Å²) in [7, 11) is 0. The summed E-state index contributed by atoms with van der Waals surface area (Å²) in [5.41, 5.74) is 30.5. The molecule has 0 bridgehead atoms. The van der Waals surface area contributed by atoms with Gasteiger partial charge in [0.2, 0.25) is 0 Å². The molecule has 0 aliphatic rings. The van der Waals surface area contributed by atoms with Crippen LogP contribution in [0.2, 0.25) is 0 Å². The van der Waals surface area contributed by atoms with Gasteiger partial charge in [-0.3, -0.25) is 0 Å². The van der Waals surface area contributed by atoms with Gasteiger partial charge in [0.25, 0.3) is 0 Å². The molecule has 16 nitrogen and oxygen atoms in total. The highest BCUT2D eigenvalue weighted by atomic mass is 35.5. The van der Waals surface area contributed by atoms with Crippen LogP contribution in [0, 0.1) is 40.0 Å². The van der Waals surface area contributed by atoms with Gasteiger partial charge in [0, 0.05) is 28.9 Å². The van der Waals surface area contributed by atoms with Gasteiger partial charge in [-0.1, -0.05) is 17.8 Å². The number of aromatic nitrogens is 11. The maximum absolute atomic E-state index is 8.21. The monoisotopic (exact) mass is 696 g/mol. The molecular weight excluding hydrogens is 656 g/mol. The molecule has 0 radical (unpaired) electrons. The Kier molecular flexibility index (Phi) is 13.1. The van der Waals surface area contributed by atoms with Crippen molar-refractivity contribution in [3.63, 3.8) is 0 Å². The minimum absolute atomic E-state index is 0. The number of hydrogen-bond acceptors (Lipinski definition) is 9. The van der Waals surface area contributed by atoms with Gasteiger partial charge < -0.3 is 31.4 Å². The quantitative estimate of drug-likeness (QED) is 0.0503. The van der Waals surface area contributed by atoms with E-state index in [9.17, 15) is 0 Å². The van der Waals surface area contributed by atoms with E-state index in [0.29, 0.717) is 37.1 Å². The Morgan fingerprint density at radius 2 is 1.38 bits per heavy atom. The number of aryl methyl sites for hydroxylation is 4. The molecule has 0 aliphatic carbocycles. The molecule has 8 N–H and O–H groups in total. The number of hydrogen-bond donors (Lipinski definition) is 6. The number of halogens is 1. The fourth-order valence-electron chi connectivity index (χ4n) is 4.78. The van der Waals surface area contributed by atoms with Gasteiger partial charge in [0.1, 0.15) is 18.2 Å². The van der Waals surface area contributed by atoms with Crippen molar-refractivity contribution in [3.05, 3.63) is 104 Å². The lowest BCUT2D eigenvalue weighted by atomic mass is 10.1. The van der Waals surface area contributed by atoms with Crippen molar-refractivity contribution < 1.29 is 0 Å². The Hall–Kier alpha value is -6.30. The zero-order valence-electron chi connectivity index (χ0n) is 27.5. The predicted octanol–water partition coefficient (Wildman–Crippen LogP) is 5.93. The topological polar surface area (TPSA) is 246 Å². The number of aromatic amines is 4. The minimum Gasteiger partial charge on any atom is -0.369 e. The van der Waals surface area contributed by atoms with Crippen LogP contribution in [-0.2, 0) is 25.9 Å². The Labute approximate surface area is 295 Å². The third-order valence-electron chi connectivity index (χ3n) is 7.43. The first-order valence-electron chi connectivity index (χ1n) is 14.9. The number of nitrogens with one attached hydrogen (secondary N) is 4. The summed E-state index contributed by atoms with van der Waals surface area (Å²) >= 11 is 0. The number of imidazole rings is 4. The zero-order chi connectivity index (χ0) is 34.2. The van der Waals surface area contributed by atoms with E-state index in [2.05, 4.69) is 112 Å². The molecule has 0 unspecified atom stereocenters. The number of anilines is 2. The average Bonchev–Trinajstić information content (AvgIpc) is 3.88.